The summed E-state index contributed by atoms with van der Waals surface area (Å²) in [5.74, 6) is -0.752. The molecule has 3 N–H and O–H groups in total. The van der Waals surface area contributed by atoms with E-state index in [0.717, 1.165) is 24.8 Å². The monoisotopic (exact) mass is 416 g/mol. The maximum Gasteiger partial charge on any atom is 0.335 e. The van der Waals surface area contributed by atoms with E-state index in [0.29, 0.717) is 25.7 Å². The summed E-state index contributed by atoms with van der Waals surface area (Å²) in [6.07, 6.45) is 4.71. The van der Waals surface area contributed by atoms with Gasteiger partial charge >= 0.3 is 5.63 Å². The average molecular weight is 417 g/mol. The second-order valence-electron chi connectivity index (χ2n) is 10.8. The van der Waals surface area contributed by atoms with Crippen molar-refractivity contribution in [1.29, 1.82) is 0 Å². The Morgan fingerprint density at radius 2 is 1.80 bits per heavy atom. The predicted molar refractivity (Wildman–Crippen MR) is 109 cm³/mol. The van der Waals surface area contributed by atoms with Gasteiger partial charge in [-0.2, -0.15) is 0 Å². The highest BCUT2D eigenvalue weighted by Crippen LogP contribution is 2.69. The third-order valence-corrected chi connectivity index (χ3v) is 9.80. The van der Waals surface area contributed by atoms with Crippen LogP contribution >= 0.6 is 0 Å². The van der Waals surface area contributed by atoms with Gasteiger partial charge in [0, 0.05) is 17.4 Å². The topological polar surface area (TPSA) is 108 Å². The molecule has 4 saturated carbocycles. The molecule has 1 heterocycles. The molecule has 0 amide bonds. The second-order valence-corrected chi connectivity index (χ2v) is 10.8. The predicted octanol–water partition coefficient (Wildman–Crippen LogP) is 2.39. The van der Waals surface area contributed by atoms with Gasteiger partial charge in [0.05, 0.1) is 18.0 Å². The molecule has 30 heavy (non-hydrogen) atoms. The van der Waals surface area contributed by atoms with Crippen molar-refractivity contribution in [2.24, 2.45) is 28.6 Å². The second kappa shape index (κ2) is 6.50. The van der Waals surface area contributed by atoms with E-state index in [1.54, 1.807) is 6.07 Å². The lowest BCUT2D eigenvalue weighted by atomic mass is 9.42. The zero-order chi connectivity index (χ0) is 21.5. The first kappa shape index (κ1) is 20.4. The van der Waals surface area contributed by atoms with Crippen LogP contribution in [0.5, 0.6) is 0 Å². The van der Waals surface area contributed by atoms with Gasteiger partial charge in [-0.1, -0.05) is 13.8 Å². The lowest BCUT2D eigenvalue weighted by Gasteiger charge is -2.63. The maximum absolute atomic E-state index is 13.7. The molecule has 5 rings (SSSR count). The van der Waals surface area contributed by atoms with E-state index >= 15 is 0 Å². The molecule has 0 aliphatic heterocycles. The molecule has 1 aromatic heterocycles. The van der Waals surface area contributed by atoms with E-state index in [9.17, 15) is 24.9 Å². The van der Waals surface area contributed by atoms with E-state index in [4.69, 9.17) is 4.42 Å². The highest BCUT2D eigenvalue weighted by molar-refractivity contribution is 5.89. The van der Waals surface area contributed by atoms with Crippen molar-refractivity contribution in [1.82, 2.24) is 0 Å². The molecule has 4 fully saturated rings. The first-order chi connectivity index (χ1) is 14.1. The fourth-order valence-corrected chi connectivity index (χ4v) is 8.09. The van der Waals surface area contributed by atoms with Gasteiger partial charge in [0.15, 0.2) is 5.78 Å². The van der Waals surface area contributed by atoms with Crippen molar-refractivity contribution < 1.29 is 24.5 Å². The Morgan fingerprint density at radius 3 is 2.50 bits per heavy atom. The van der Waals surface area contributed by atoms with Gasteiger partial charge in [-0.25, -0.2) is 4.79 Å². The fraction of sp³-hybridized carbons (Fsp3) is 0.750. The van der Waals surface area contributed by atoms with E-state index in [1.807, 2.05) is 6.92 Å². The summed E-state index contributed by atoms with van der Waals surface area (Å²) < 4.78 is 5.07. The molecule has 0 radical (unpaired) electrons. The molecule has 3 unspecified atom stereocenters. The van der Waals surface area contributed by atoms with Crippen LogP contribution in [0.1, 0.15) is 70.3 Å². The van der Waals surface area contributed by atoms with Crippen LogP contribution in [0, 0.1) is 28.6 Å². The Kier molecular flexibility index (Phi) is 4.42. The molecular formula is C24H32O6. The largest absolute Gasteiger partial charge is 0.431 e. The molecule has 4 aliphatic carbocycles. The minimum absolute atomic E-state index is 0.153. The van der Waals surface area contributed by atoms with Crippen LogP contribution in [0.25, 0.3) is 0 Å². The van der Waals surface area contributed by atoms with Crippen LogP contribution in [0.3, 0.4) is 0 Å². The first-order valence-corrected chi connectivity index (χ1v) is 11.3. The van der Waals surface area contributed by atoms with Gasteiger partial charge in [-0.3, -0.25) is 4.79 Å². The third-order valence-electron chi connectivity index (χ3n) is 9.80. The van der Waals surface area contributed by atoms with Crippen LogP contribution in [0.4, 0.5) is 0 Å². The van der Waals surface area contributed by atoms with E-state index in [1.165, 1.54) is 12.3 Å². The van der Waals surface area contributed by atoms with Crippen LogP contribution in [0.15, 0.2) is 27.6 Å². The van der Waals surface area contributed by atoms with Gasteiger partial charge in [0.2, 0.25) is 0 Å². The standard InChI is InChI=1S/C24H32O6/c1-22-9-7-15(25)11-14(22)4-5-17-19(22)20(27)21(28)23(2)16(8-10-24(17,23)29)13-3-6-18(26)30-12-13/h3,6,12,14-17,19,21,25,28-29H,4-5,7-11H2,1-2H3/t14?,15-,16+,17?,19?,21-,22-,23-,24-/m0/s1. The Labute approximate surface area is 176 Å². The Balaban J connectivity index is 1.58. The van der Waals surface area contributed by atoms with Crippen molar-refractivity contribution in [2.45, 2.75) is 82.5 Å². The molecule has 0 saturated heterocycles. The zero-order valence-electron chi connectivity index (χ0n) is 17.7. The van der Waals surface area contributed by atoms with Crippen molar-refractivity contribution in [3.63, 3.8) is 0 Å². The summed E-state index contributed by atoms with van der Waals surface area (Å²) in [6, 6.07) is 3.05. The van der Waals surface area contributed by atoms with Crippen molar-refractivity contribution in [2.75, 3.05) is 0 Å². The van der Waals surface area contributed by atoms with Crippen LogP contribution in [-0.2, 0) is 4.79 Å². The molecule has 0 spiro atoms. The van der Waals surface area contributed by atoms with Crippen LogP contribution in [0.2, 0.25) is 0 Å². The summed E-state index contributed by atoms with van der Waals surface area (Å²) in [6.45, 7) is 3.98. The molecule has 6 heteroatoms. The minimum atomic E-state index is -1.27. The minimum Gasteiger partial charge on any atom is -0.431 e. The Bertz CT molecular complexity index is 904. The van der Waals surface area contributed by atoms with Crippen molar-refractivity contribution in [3.05, 3.63) is 34.4 Å². The summed E-state index contributed by atoms with van der Waals surface area (Å²) in [5, 5.41) is 33.7. The van der Waals surface area contributed by atoms with Crippen molar-refractivity contribution in [3.8, 4) is 0 Å². The molecule has 0 aromatic carbocycles. The lowest BCUT2D eigenvalue weighted by Crippen LogP contribution is -2.70. The highest BCUT2D eigenvalue weighted by atomic mass is 16.4. The number of ketones is 1. The summed E-state index contributed by atoms with van der Waals surface area (Å²) >= 11 is 0. The molecule has 1 aromatic rings. The number of fused-ring (bicyclic) bond motifs is 5. The van der Waals surface area contributed by atoms with Gasteiger partial charge in [0.1, 0.15) is 6.10 Å². The van der Waals surface area contributed by atoms with Gasteiger partial charge in [0.25, 0.3) is 0 Å². The molecule has 9 atom stereocenters. The number of aliphatic hydroxyl groups excluding tert-OH is 2. The fourth-order valence-electron chi connectivity index (χ4n) is 8.09. The molecule has 164 valence electrons. The lowest BCUT2D eigenvalue weighted by molar-refractivity contribution is -0.230. The number of aliphatic hydroxyl groups is 3. The normalized spacial score (nSPS) is 50.5. The quantitative estimate of drug-likeness (QED) is 0.649. The van der Waals surface area contributed by atoms with Crippen LogP contribution < -0.4 is 5.63 Å². The average Bonchev–Trinajstić information content (AvgIpc) is 3.00. The Morgan fingerprint density at radius 1 is 1.03 bits per heavy atom. The highest BCUT2D eigenvalue weighted by Gasteiger charge is 2.73. The van der Waals surface area contributed by atoms with E-state index in [2.05, 4.69) is 6.92 Å². The van der Waals surface area contributed by atoms with Gasteiger partial charge < -0.3 is 19.7 Å². The maximum atomic E-state index is 13.7. The number of carbonyl (C=O) groups excluding carboxylic acids is 1. The molecular weight excluding hydrogens is 384 g/mol. The number of hydrogen-bond acceptors (Lipinski definition) is 6. The molecule has 6 nitrogen and oxygen atoms in total. The van der Waals surface area contributed by atoms with Gasteiger partial charge in [-0.05, 0) is 79.7 Å². The molecule has 0 bridgehead atoms. The third kappa shape index (κ3) is 2.41. The van der Waals surface area contributed by atoms with E-state index < -0.39 is 22.7 Å². The van der Waals surface area contributed by atoms with Gasteiger partial charge in [-0.15, -0.1) is 0 Å². The van der Waals surface area contributed by atoms with E-state index in [-0.39, 0.29) is 41.0 Å². The van der Waals surface area contributed by atoms with Crippen LogP contribution in [-0.4, -0.2) is 38.9 Å². The smallest absolute Gasteiger partial charge is 0.335 e. The summed E-state index contributed by atoms with van der Waals surface area (Å²) in [5.41, 5.74) is -2.17. The summed E-state index contributed by atoms with van der Waals surface area (Å²) in [4.78, 5) is 25.1. The summed E-state index contributed by atoms with van der Waals surface area (Å²) in [7, 11) is 0. The number of rotatable bonds is 1. The first-order valence-electron chi connectivity index (χ1n) is 11.3. The molecule has 4 aliphatic rings. The SMILES string of the molecule is C[C@]12CC[C@H](O)CC1CCC1C2C(=O)[C@H](O)[C@]2(C)[C@@H](c3ccc(=O)oc3)CC[C@]12O. The zero-order valence-corrected chi connectivity index (χ0v) is 17.7. The Hall–Kier alpha value is -1.50. The number of carbonyl (C=O) groups is 1. The van der Waals surface area contributed by atoms with Crippen molar-refractivity contribution >= 4 is 5.78 Å². The number of hydrogen-bond donors (Lipinski definition) is 3. The number of Topliss-reactive ketones (excluding diaryl/α,β-unsaturated/α-hetero) is 1.